The van der Waals surface area contributed by atoms with E-state index in [2.05, 4.69) is 0 Å². The van der Waals surface area contributed by atoms with Crippen LogP contribution in [0.2, 0.25) is 0 Å². The van der Waals surface area contributed by atoms with Crippen LogP contribution in [0.3, 0.4) is 0 Å². The third kappa shape index (κ3) is 3.17. The molecule has 0 radical (unpaired) electrons. The Labute approximate surface area is 156 Å². The van der Waals surface area contributed by atoms with Crippen LogP contribution in [0.4, 0.5) is 0 Å². The summed E-state index contributed by atoms with van der Waals surface area (Å²) in [6, 6.07) is 19.0. The van der Waals surface area contributed by atoms with E-state index in [1.54, 1.807) is 14.2 Å². The molecule has 4 nitrogen and oxygen atoms in total. The van der Waals surface area contributed by atoms with Crippen LogP contribution in [-0.2, 0) is 0 Å². The Bertz CT molecular complexity index is 1220. The number of benzene rings is 3. The molecule has 0 unspecified atom stereocenters. The Morgan fingerprint density at radius 1 is 0.815 bits per heavy atom. The normalized spacial score (nSPS) is 11.3. The van der Waals surface area contributed by atoms with Gasteiger partial charge in [0.2, 0.25) is 0 Å². The summed E-state index contributed by atoms with van der Waals surface area (Å²) in [7, 11) is 3.23. The predicted octanol–water partition coefficient (Wildman–Crippen LogP) is 5.13. The van der Waals surface area contributed by atoms with Gasteiger partial charge in [0, 0.05) is 28.5 Å². The zero-order chi connectivity index (χ0) is 18.8. The molecule has 0 bridgehead atoms. The van der Waals surface area contributed by atoms with Crippen molar-refractivity contribution >= 4 is 33.9 Å². The number of rotatable bonds is 4. The first-order valence-corrected chi connectivity index (χ1v) is 8.55. The molecule has 1 aromatic heterocycles. The summed E-state index contributed by atoms with van der Waals surface area (Å²) in [5.41, 5.74) is 1.91. The second-order valence-electron chi connectivity index (χ2n) is 6.13. The molecule has 4 heteroatoms. The Hall–Kier alpha value is -3.53. The Morgan fingerprint density at radius 2 is 1.63 bits per heavy atom. The average Bonchev–Trinajstić information content (AvgIpc) is 2.71. The summed E-state index contributed by atoms with van der Waals surface area (Å²) >= 11 is 0. The lowest BCUT2D eigenvalue weighted by Gasteiger charge is -2.08. The molecule has 1 heterocycles. The summed E-state index contributed by atoms with van der Waals surface area (Å²) < 4.78 is 16.2. The predicted molar refractivity (Wildman–Crippen MR) is 108 cm³/mol. The second kappa shape index (κ2) is 7.00. The lowest BCUT2D eigenvalue weighted by molar-refractivity contribution is 0.394. The molecule has 0 aliphatic carbocycles. The van der Waals surface area contributed by atoms with Crippen molar-refractivity contribution in [2.75, 3.05) is 14.2 Å². The summed E-state index contributed by atoms with van der Waals surface area (Å²) in [6.07, 6.45) is 3.82. The molecule has 4 aromatic rings. The van der Waals surface area contributed by atoms with Gasteiger partial charge in [0.25, 0.3) is 0 Å². The molecule has 0 spiro atoms. The topological polar surface area (TPSA) is 48.7 Å². The first kappa shape index (κ1) is 16.9. The van der Waals surface area contributed by atoms with Crippen molar-refractivity contribution in [3.8, 4) is 11.5 Å². The molecular weight excluding hydrogens is 340 g/mol. The standard InChI is InChI=1S/C23H18O4/c1-25-18-11-9-16(21(14-18)26-2)7-8-17-13-22(24)27-23-19-6-4-3-5-15(19)10-12-20(17)23/h3-14H,1-2H3/b8-7+. The minimum atomic E-state index is -0.375. The largest absolute Gasteiger partial charge is 0.497 e. The van der Waals surface area contributed by atoms with Crippen LogP contribution in [0.15, 0.2) is 69.9 Å². The fourth-order valence-electron chi connectivity index (χ4n) is 3.19. The molecule has 0 atom stereocenters. The highest BCUT2D eigenvalue weighted by atomic mass is 16.5. The Kier molecular flexibility index (Phi) is 4.38. The van der Waals surface area contributed by atoms with Crippen LogP contribution in [0.5, 0.6) is 11.5 Å². The molecule has 0 aliphatic heterocycles. The van der Waals surface area contributed by atoms with Crippen molar-refractivity contribution in [3.63, 3.8) is 0 Å². The minimum absolute atomic E-state index is 0.375. The van der Waals surface area contributed by atoms with Gasteiger partial charge in [0.15, 0.2) is 0 Å². The van der Waals surface area contributed by atoms with E-state index in [1.807, 2.05) is 66.7 Å². The lowest BCUT2D eigenvalue weighted by Crippen LogP contribution is -1.98. The van der Waals surface area contributed by atoms with Gasteiger partial charge in [-0.25, -0.2) is 4.79 Å². The van der Waals surface area contributed by atoms with E-state index in [1.165, 1.54) is 6.07 Å². The molecule has 27 heavy (non-hydrogen) atoms. The number of fused-ring (bicyclic) bond motifs is 3. The summed E-state index contributed by atoms with van der Waals surface area (Å²) in [5, 5.41) is 2.84. The Morgan fingerprint density at radius 3 is 2.44 bits per heavy atom. The van der Waals surface area contributed by atoms with Crippen LogP contribution in [0.1, 0.15) is 11.1 Å². The smallest absolute Gasteiger partial charge is 0.336 e. The molecular formula is C23H18O4. The number of ether oxygens (including phenoxy) is 2. The van der Waals surface area contributed by atoms with Crippen molar-refractivity contribution in [3.05, 3.63) is 82.2 Å². The molecule has 3 aromatic carbocycles. The maximum atomic E-state index is 12.1. The maximum absolute atomic E-state index is 12.1. The van der Waals surface area contributed by atoms with Crippen molar-refractivity contribution < 1.29 is 13.9 Å². The van der Waals surface area contributed by atoms with E-state index in [4.69, 9.17) is 13.9 Å². The second-order valence-corrected chi connectivity index (χ2v) is 6.13. The number of hydrogen-bond donors (Lipinski definition) is 0. The first-order chi connectivity index (χ1) is 13.2. The molecule has 134 valence electrons. The Balaban J connectivity index is 1.86. The van der Waals surface area contributed by atoms with E-state index < -0.39 is 0 Å². The fraction of sp³-hybridized carbons (Fsp3) is 0.0870. The van der Waals surface area contributed by atoms with Crippen LogP contribution in [0.25, 0.3) is 33.9 Å². The van der Waals surface area contributed by atoms with Gasteiger partial charge in [-0.05, 0) is 29.1 Å². The van der Waals surface area contributed by atoms with Gasteiger partial charge in [-0.3, -0.25) is 0 Å². The minimum Gasteiger partial charge on any atom is -0.497 e. The molecule has 0 amide bonds. The number of methoxy groups -OCH3 is 2. The van der Waals surface area contributed by atoms with Gasteiger partial charge in [-0.15, -0.1) is 0 Å². The van der Waals surface area contributed by atoms with Crippen molar-refractivity contribution in [2.24, 2.45) is 0 Å². The zero-order valence-electron chi connectivity index (χ0n) is 15.1. The summed E-state index contributed by atoms with van der Waals surface area (Å²) in [4.78, 5) is 12.1. The molecule has 0 aliphatic rings. The average molecular weight is 358 g/mol. The molecule has 4 rings (SSSR count). The van der Waals surface area contributed by atoms with Crippen LogP contribution in [-0.4, -0.2) is 14.2 Å². The third-order valence-electron chi connectivity index (χ3n) is 4.55. The van der Waals surface area contributed by atoms with Gasteiger partial charge in [0.05, 0.1) is 14.2 Å². The van der Waals surface area contributed by atoms with E-state index in [0.29, 0.717) is 11.3 Å². The van der Waals surface area contributed by atoms with Crippen LogP contribution >= 0.6 is 0 Å². The van der Waals surface area contributed by atoms with E-state index in [0.717, 1.165) is 33.0 Å². The van der Waals surface area contributed by atoms with Gasteiger partial charge in [-0.1, -0.05) is 42.5 Å². The van der Waals surface area contributed by atoms with Crippen LogP contribution in [0, 0.1) is 0 Å². The van der Waals surface area contributed by atoms with E-state index >= 15 is 0 Å². The molecule has 0 saturated heterocycles. The van der Waals surface area contributed by atoms with Crippen molar-refractivity contribution in [2.45, 2.75) is 0 Å². The number of hydrogen-bond acceptors (Lipinski definition) is 4. The van der Waals surface area contributed by atoms with Gasteiger partial charge in [-0.2, -0.15) is 0 Å². The maximum Gasteiger partial charge on any atom is 0.336 e. The highest BCUT2D eigenvalue weighted by Gasteiger charge is 2.08. The summed E-state index contributed by atoms with van der Waals surface area (Å²) in [5.74, 6) is 1.42. The lowest BCUT2D eigenvalue weighted by atomic mass is 10.0. The summed E-state index contributed by atoms with van der Waals surface area (Å²) in [6.45, 7) is 0. The zero-order valence-corrected chi connectivity index (χ0v) is 15.1. The van der Waals surface area contributed by atoms with Crippen LogP contribution < -0.4 is 15.1 Å². The van der Waals surface area contributed by atoms with Crippen molar-refractivity contribution in [1.82, 2.24) is 0 Å². The third-order valence-corrected chi connectivity index (χ3v) is 4.55. The van der Waals surface area contributed by atoms with Gasteiger partial charge < -0.3 is 13.9 Å². The fourth-order valence-corrected chi connectivity index (χ4v) is 3.19. The molecule has 0 fully saturated rings. The highest BCUT2D eigenvalue weighted by Crippen LogP contribution is 2.29. The SMILES string of the molecule is COc1ccc(/C=C/c2cc(=O)oc3c2ccc2ccccc23)c(OC)c1. The monoisotopic (exact) mass is 358 g/mol. The highest BCUT2D eigenvalue weighted by molar-refractivity contribution is 6.06. The van der Waals surface area contributed by atoms with Crippen molar-refractivity contribution in [1.29, 1.82) is 0 Å². The molecule has 0 N–H and O–H groups in total. The van der Waals surface area contributed by atoms with E-state index in [9.17, 15) is 4.79 Å². The van der Waals surface area contributed by atoms with Gasteiger partial charge >= 0.3 is 5.63 Å². The quantitative estimate of drug-likeness (QED) is 0.375. The van der Waals surface area contributed by atoms with Gasteiger partial charge in [0.1, 0.15) is 17.1 Å². The first-order valence-electron chi connectivity index (χ1n) is 8.55. The molecule has 0 saturated carbocycles. The van der Waals surface area contributed by atoms with E-state index in [-0.39, 0.29) is 5.63 Å².